The summed E-state index contributed by atoms with van der Waals surface area (Å²) < 4.78 is 7.70. The third kappa shape index (κ3) is 7.37. The molecular weight excluding hydrogens is 489 g/mol. The van der Waals surface area contributed by atoms with Crippen LogP contribution >= 0.6 is 24.0 Å². The molecule has 0 aliphatic rings. The Morgan fingerprint density at radius 3 is 2.50 bits per heavy atom. The van der Waals surface area contributed by atoms with Crippen molar-refractivity contribution in [2.24, 2.45) is 4.99 Å². The second-order valence-corrected chi connectivity index (χ2v) is 7.07. The zero-order chi connectivity index (χ0) is 20.5. The molecule has 0 saturated carbocycles. The molecule has 0 radical (unpaired) electrons. The van der Waals surface area contributed by atoms with Crippen molar-refractivity contribution in [3.63, 3.8) is 0 Å². The van der Waals surface area contributed by atoms with Crippen LogP contribution < -0.4 is 15.4 Å². The van der Waals surface area contributed by atoms with E-state index in [1.54, 1.807) is 13.2 Å². The lowest BCUT2D eigenvalue weighted by molar-refractivity contribution is 0.242. The van der Waals surface area contributed by atoms with E-state index in [0.29, 0.717) is 13.1 Å². The van der Waals surface area contributed by atoms with Gasteiger partial charge in [0, 0.05) is 32.5 Å². The molecule has 6 nitrogen and oxygen atoms in total. The molecule has 1 heterocycles. The molecule has 0 saturated heterocycles. The number of nitrogens with zero attached hydrogens (tertiary/aromatic N) is 3. The highest BCUT2D eigenvalue weighted by molar-refractivity contribution is 14.0. The Morgan fingerprint density at radius 1 is 1.03 bits per heavy atom. The summed E-state index contributed by atoms with van der Waals surface area (Å²) in [6.07, 6.45) is 3.93. The van der Waals surface area contributed by atoms with Crippen molar-refractivity contribution in [1.82, 2.24) is 20.4 Å². The normalized spacial score (nSPS) is 11.1. The van der Waals surface area contributed by atoms with E-state index >= 15 is 0 Å². The number of hydrogen-bond donors (Lipinski definition) is 2. The number of aromatic nitrogens is 2. The van der Waals surface area contributed by atoms with Crippen LogP contribution in [0.5, 0.6) is 5.75 Å². The van der Waals surface area contributed by atoms with Gasteiger partial charge in [-0.1, -0.05) is 36.4 Å². The third-order valence-electron chi connectivity index (χ3n) is 4.41. The molecular formula is C23H30IN5O. The van der Waals surface area contributed by atoms with Gasteiger partial charge in [0.25, 0.3) is 0 Å². The van der Waals surface area contributed by atoms with Crippen molar-refractivity contribution >= 4 is 29.9 Å². The Morgan fingerprint density at radius 2 is 1.80 bits per heavy atom. The van der Waals surface area contributed by atoms with E-state index < -0.39 is 0 Å². The number of guanidine groups is 1. The molecule has 160 valence electrons. The summed E-state index contributed by atoms with van der Waals surface area (Å²) in [5, 5.41) is 11.1. The van der Waals surface area contributed by atoms with Crippen LogP contribution in [-0.4, -0.2) is 28.9 Å². The maximum absolute atomic E-state index is 5.77. The Bertz CT molecular complexity index is 925. The van der Waals surface area contributed by atoms with E-state index in [4.69, 9.17) is 4.74 Å². The van der Waals surface area contributed by atoms with E-state index in [9.17, 15) is 0 Å². The molecule has 2 aromatic carbocycles. The Hall–Kier alpha value is -2.55. The molecule has 0 spiro atoms. The average Bonchev–Trinajstić information content (AvgIpc) is 3.22. The van der Waals surface area contributed by atoms with Crippen LogP contribution in [0.1, 0.15) is 30.5 Å². The largest absolute Gasteiger partial charge is 0.491 e. The van der Waals surface area contributed by atoms with Crippen molar-refractivity contribution in [3.8, 4) is 5.75 Å². The molecule has 2 N–H and O–H groups in total. The van der Waals surface area contributed by atoms with Crippen LogP contribution in [0, 0.1) is 0 Å². The Balaban J connectivity index is 0.00000320. The van der Waals surface area contributed by atoms with E-state index in [-0.39, 0.29) is 30.1 Å². The van der Waals surface area contributed by atoms with Gasteiger partial charge in [0.05, 0.1) is 12.6 Å². The molecule has 0 amide bonds. The smallest absolute Gasteiger partial charge is 0.191 e. The summed E-state index contributed by atoms with van der Waals surface area (Å²) in [4.78, 5) is 4.34. The summed E-state index contributed by atoms with van der Waals surface area (Å²) in [6, 6.07) is 18.4. The topological polar surface area (TPSA) is 63.5 Å². The van der Waals surface area contributed by atoms with Gasteiger partial charge >= 0.3 is 0 Å². The predicted molar refractivity (Wildman–Crippen MR) is 132 cm³/mol. The van der Waals surface area contributed by atoms with Gasteiger partial charge in [0.1, 0.15) is 5.75 Å². The molecule has 0 bridgehead atoms. The highest BCUT2D eigenvalue weighted by atomic mass is 127. The lowest BCUT2D eigenvalue weighted by Gasteiger charge is -2.15. The zero-order valence-electron chi connectivity index (χ0n) is 17.7. The lowest BCUT2D eigenvalue weighted by atomic mass is 10.1. The lowest BCUT2D eigenvalue weighted by Crippen LogP contribution is -2.36. The van der Waals surface area contributed by atoms with Gasteiger partial charge in [0.2, 0.25) is 0 Å². The summed E-state index contributed by atoms with van der Waals surface area (Å²) in [5.41, 5.74) is 3.60. The van der Waals surface area contributed by atoms with Crippen LogP contribution in [0.3, 0.4) is 0 Å². The van der Waals surface area contributed by atoms with Gasteiger partial charge in [-0.25, -0.2) is 0 Å². The van der Waals surface area contributed by atoms with Crippen molar-refractivity contribution in [2.45, 2.75) is 39.6 Å². The average molecular weight is 519 g/mol. The fraction of sp³-hybridized carbons (Fsp3) is 0.304. The molecule has 0 unspecified atom stereocenters. The summed E-state index contributed by atoms with van der Waals surface area (Å²) >= 11 is 0. The maximum atomic E-state index is 5.77. The number of nitrogens with one attached hydrogen (secondary N) is 2. The van der Waals surface area contributed by atoms with Crippen molar-refractivity contribution in [2.75, 3.05) is 7.05 Å². The minimum atomic E-state index is 0. The quantitative estimate of drug-likeness (QED) is 0.266. The second-order valence-electron chi connectivity index (χ2n) is 7.07. The predicted octanol–water partition coefficient (Wildman–Crippen LogP) is 4.20. The van der Waals surface area contributed by atoms with Crippen LogP contribution in [0.15, 0.2) is 72.0 Å². The fourth-order valence-electron chi connectivity index (χ4n) is 3.04. The third-order valence-corrected chi connectivity index (χ3v) is 4.41. The Kier molecular flexibility index (Phi) is 9.66. The van der Waals surface area contributed by atoms with E-state index in [1.807, 2.05) is 42.9 Å². The minimum absolute atomic E-state index is 0. The molecule has 0 aliphatic heterocycles. The van der Waals surface area contributed by atoms with Crippen LogP contribution in [0.4, 0.5) is 0 Å². The number of ether oxygens (including phenoxy) is 1. The number of aliphatic imine (C=N–C) groups is 1. The first-order valence-corrected chi connectivity index (χ1v) is 9.88. The van der Waals surface area contributed by atoms with Gasteiger partial charge < -0.3 is 15.4 Å². The number of rotatable bonds is 8. The first-order chi connectivity index (χ1) is 14.1. The number of benzene rings is 2. The molecule has 7 heteroatoms. The molecule has 0 fully saturated rings. The zero-order valence-corrected chi connectivity index (χ0v) is 20.0. The molecule has 1 aromatic heterocycles. The van der Waals surface area contributed by atoms with E-state index in [1.165, 1.54) is 11.1 Å². The number of halogens is 1. The van der Waals surface area contributed by atoms with Gasteiger partial charge in [-0.3, -0.25) is 9.67 Å². The molecule has 3 aromatic rings. The standard InChI is InChI=1S/C23H29N5O.HI/c1-18(2)29-22-11-6-8-19(14-22)15-25-23(24-3)26-16-20-9-4-5-10-21(20)17-28-13-7-12-27-28;/h4-14,18H,15-17H2,1-3H3,(H2,24,25,26);1H. The van der Waals surface area contributed by atoms with E-state index in [0.717, 1.165) is 23.8 Å². The molecule has 3 rings (SSSR count). The van der Waals surface area contributed by atoms with Crippen molar-refractivity contribution in [1.29, 1.82) is 0 Å². The summed E-state index contributed by atoms with van der Waals surface area (Å²) in [6.45, 7) is 6.17. The second kappa shape index (κ2) is 12.2. The Labute approximate surface area is 195 Å². The van der Waals surface area contributed by atoms with Crippen LogP contribution in [0.2, 0.25) is 0 Å². The number of hydrogen-bond acceptors (Lipinski definition) is 3. The molecule has 0 aliphatic carbocycles. The molecule has 30 heavy (non-hydrogen) atoms. The van der Waals surface area contributed by atoms with Gasteiger partial charge in [-0.2, -0.15) is 5.10 Å². The maximum Gasteiger partial charge on any atom is 0.191 e. The highest BCUT2D eigenvalue weighted by Gasteiger charge is 2.05. The van der Waals surface area contributed by atoms with Gasteiger partial charge in [-0.15, -0.1) is 24.0 Å². The van der Waals surface area contributed by atoms with E-state index in [2.05, 4.69) is 57.1 Å². The SMILES string of the molecule is CN=C(NCc1cccc(OC(C)C)c1)NCc1ccccc1Cn1cccn1.I. The van der Waals surface area contributed by atoms with Crippen LogP contribution in [-0.2, 0) is 19.6 Å². The minimum Gasteiger partial charge on any atom is -0.491 e. The first-order valence-electron chi connectivity index (χ1n) is 9.88. The van der Waals surface area contributed by atoms with Gasteiger partial charge in [-0.05, 0) is 48.7 Å². The first kappa shape index (κ1) is 23.7. The monoisotopic (exact) mass is 519 g/mol. The molecule has 0 atom stereocenters. The summed E-state index contributed by atoms with van der Waals surface area (Å²) in [7, 11) is 1.78. The van der Waals surface area contributed by atoms with Gasteiger partial charge in [0.15, 0.2) is 5.96 Å². The van der Waals surface area contributed by atoms with Crippen molar-refractivity contribution in [3.05, 3.63) is 83.7 Å². The highest BCUT2D eigenvalue weighted by Crippen LogP contribution is 2.15. The van der Waals surface area contributed by atoms with Crippen LogP contribution in [0.25, 0.3) is 0 Å². The fourth-order valence-corrected chi connectivity index (χ4v) is 3.04. The summed E-state index contributed by atoms with van der Waals surface area (Å²) in [5.74, 6) is 1.64. The van der Waals surface area contributed by atoms with Crippen molar-refractivity contribution < 1.29 is 4.74 Å².